The van der Waals surface area contributed by atoms with Crippen molar-refractivity contribution < 1.29 is 9.53 Å². The van der Waals surface area contributed by atoms with Gasteiger partial charge in [-0.25, -0.2) is 15.0 Å². The molecule has 0 fully saturated rings. The van der Waals surface area contributed by atoms with Crippen molar-refractivity contribution in [3.63, 3.8) is 0 Å². The standard InChI is InChI=1S/C21H16N4O2/c1-27-19-9-7-16(11-23-19)15-6-8-18-17(10-15)20(25-12-24-18)13-2-4-14(5-3-13)21(22)26/h2-12H,1H3,(H2,22,26). The summed E-state index contributed by atoms with van der Waals surface area (Å²) >= 11 is 0. The van der Waals surface area contributed by atoms with E-state index in [0.29, 0.717) is 11.4 Å². The molecule has 2 N–H and O–H groups in total. The Balaban J connectivity index is 1.82. The summed E-state index contributed by atoms with van der Waals surface area (Å²) in [5.74, 6) is 0.112. The Bertz CT molecular complexity index is 1120. The van der Waals surface area contributed by atoms with E-state index in [0.717, 1.165) is 33.3 Å². The highest BCUT2D eigenvalue weighted by atomic mass is 16.5. The number of amides is 1. The lowest BCUT2D eigenvalue weighted by molar-refractivity contribution is 0.100. The van der Waals surface area contributed by atoms with Gasteiger partial charge in [0.2, 0.25) is 11.8 Å². The van der Waals surface area contributed by atoms with Gasteiger partial charge in [0, 0.05) is 34.3 Å². The van der Waals surface area contributed by atoms with Gasteiger partial charge in [0.05, 0.1) is 18.3 Å². The highest BCUT2D eigenvalue weighted by Crippen LogP contribution is 2.30. The fraction of sp³-hybridized carbons (Fsp3) is 0.0476. The van der Waals surface area contributed by atoms with E-state index in [2.05, 4.69) is 15.0 Å². The van der Waals surface area contributed by atoms with E-state index in [1.165, 1.54) is 6.33 Å². The fourth-order valence-electron chi connectivity index (χ4n) is 2.93. The van der Waals surface area contributed by atoms with E-state index in [1.54, 1.807) is 25.4 Å². The third kappa shape index (κ3) is 3.20. The van der Waals surface area contributed by atoms with E-state index in [4.69, 9.17) is 10.5 Å². The predicted octanol–water partition coefficient (Wildman–Crippen LogP) is 3.47. The van der Waals surface area contributed by atoms with Crippen LogP contribution in [0.1, 0.15) is 10.4 Å². The van der Waals surface area contributed by atoms with Crippen LogP contribution < -0.4 is 10.5 Å². The molecule has 0 radical (unpaired) electrons. The number of carbonyl (C=O) groups excluding carboxylic acids is 1. The first-order chi connectivity index (χ1) is 13.2. The van der Waals surface area contributed by atoms with Crippen molar-refractivity contribution in [1.29, 1.82) is 0 Å². The number of methoxy groups -OCH3 is 1. The topological polar surface area (TPSA) is 91.0 Å². The lowest BCUT2D eigenvalue weighted by Gasteiger charge is -2.08. The molecule has 6 heteroatoms. The van der Waals surface area contributed by atoms with Crippen LogP contribution in [0.25, 0.3) is 33.3 Å². The van der Waals surface area contributed by atoms with E-state index in [-0.39, 0.29) is 0 Å². The first-order valence-corrected chi connectivity index (χ1v) is 8.31. The van der Waals surface area contributed by atoms with Crippen LogP contribution in [0, 0.1) is 0 Å². The van der Waals surface area contributed by atoms with Crippen LogP contribution in [0.4, 0.5) is 0 Å². The normalized spacial score (nSPS) is 10.7. The number of fused-ring (bicyclic) bond motifs is 1. The van der Waals surface area contributed by atoms with Crippen molar-refractivity contribution in [2.24, 2.45) is 5.73 Å². The third-order valence-electron chi connectivity index (χ3n) is 4.36. The summed E-state index contributed by atoms with van der Waals surface area (Å²) in [6, 6.07) is 16.8. The average Bonchev–Trinajstić information content (AvgIpc) is 2.73. The molecular formula is C21H16N4O2. The van der Waals surface area contributed by atoms with E-state index in [1.807, 2.05) is 42.5 Å². The number of ether oxygens (including phenoxy) is 1. The number of benzene rings is 2. The van der Waals surface area contributed by atoms with Gasteiger partial charge >= 0.3 is 0 Å². The summed E-state index contributed by atoms with van der Waals surface area (Å²) in [5.41, 5.74) is 10.3. The number of primary amides is 1. The van der Waals surface area contributed by atoms with Crippen LogP contribution in [0.5, 0.6) is 5.88 Å². The van der Waals surface area contributed by atoms with Gasteiger partial charge in [0.1, 0.15) is 6.33 Å². The molecule has 2 aromatic carbocycles. The van der Waals surface area contributed by atoms with E-state index >= 15 is 0 Å². The summed E-state index contributed by atoms with van der Waals surface area (Å²) in [4.78, 5) is 24.4. The summed E-state index contributed by atoms with van der Waals surface area (Å²) < 4.78 is 5.11. The molecule has 0 saturated carbocycles. The fourth-order valence-corrected chi connectivity index (χ4v) is 2.93. The van der Waals surface area contributed by atoms with Crippen molar-refractivity contribution in [2.75, 3.05) is 7.11 Å². The molecule has 27 heavy (non-hydrogen) atoms. The van der Waals surface area contributed by atoms with Crippen LogP contribution >= 0.6 is 0 Å². The molecule has 1 amide bonds. The van der Waals surface area contributed by atoms with Crippen LogP contribution in [0.2, 0.25) is 0 Å². The van der Waals surface area contributed by atoms with Crippen molar-refractivity contribution in [3.05, 3.63) is 72.7 Å². The van der Waals surface area contributed by atoms with Crippen molar-refractivity contribution >= 4 is 16.8 Å². The molecule has 4 aromatic rings. The molecule has 0 aliphatic heterocycles. The lowest BCUT2D eigenvalue weighted by Crippen LogP contribution is -2.10. The molecule has 2 aromatic heterocycles. The first kappa shape index (κ1) is 16.7. The second kappa shape index (κ2) is 6.84. The highest BCUT2D eigenvalue weighted by molar-refractivity contribution is 5.96. The van der Waals surface area contributed by atoms with Crippen LogP contribution in [-0.2, 0) is 0 Å². The number of hydrogen-bond donors (Lipinski definition) is 1. The maximum Gasteiger partial charge on any atom is 0.248 e. The molecule has 0 bridgehead atoms. The van der Waals surface area contributed by atoms with Crippen LogP contribution in [0.3, 0.4) is 0 Å². The minimum absolute atomic E-state index is 0.455. The number of rotatable bonds is 4. The minimum atomic E-state index is -0.455. The van der Waals surface area contributed by atoms with Gasteiger partial charge in [0.25, 0.3) is 0 Å². The summed E-state index contributed by atoms with van der Waals surface area (Å²) in [5, 5.41) is 0.914. The van der Waals surface area contributed by atoms with Crippen LogP contribution in [0.15, 0.2) is 67.1 Å². The Labute approximate surface area is 155 Å². The van der Waals surface area contributed by atoms with E-state index in [9.17, 15) is 4.79 Å². The predicted molar refractivity (Wildman–Crippen MR) is 103 cm³/mol. The molecule has 4 rings (SSSR count). The summed E-state index contributed by atoms with van der Waals surface area (Å²) in [7, 11) is 1.59. The number of carbonyl (C=O) groups is 1. The Kier molecular flexibility index (Phi) is 4.22. The molecule has 6 nitrogen and oxygen atoms in total. The zero-order chi connectivity index (χ0) is 18.8. The Hall–Kier alpha value is -3.80. The van der Waals surface area contributed by atoms with Gasteiger partial charge < -0.3 is 10.5 Å². The number of hydrogen-bond acceptors (Lipinski definition) is 5. The number of aromatic nitrogens is 3. The van der Waals surface area contributed by atoms with E-state index < -0.39 is 5.91 Å². The summed E-state index contributed by atoms with van der Waals surface area (Å²) in [6.07, 6.45) is 3.30. The minimum Gasteiger partial charge on any atom is -0.481 e. The molecule has 0 saturated heterocycles. The van der Waals surface area contributed by atoms with Crippen molar-refractivity contribution in [1.82, 2.24) is 15.0 Å². The van der Waals surface area contributed by atoms with Crippen LogP contribution in [-0.4, -0.2) is 28.0 Å². The molecular weight excluding hydrogens is 340 g/mol. The van der Waals surface area contributed by atoms with Gasteiger partial charge in [0.15, 0.2) is 0 Å². The van der Waals surface area contributed by atoms with Crippen molar-refractivity contribution in [3.8, 4) is 28.3 Å². The number of nitrogens with two attached hydrogens (primary N) is 1. The molecule has 0 spiro atoms. The second-order valence-corrected chi connectivity index (χ2v) is 5.99. The Morgan fingerprint density at radius 3 is 2.30 bits per heavy atom. The first-order valence-electron chi connectivity index (χ1n) is 8.31. The smallest absolute Gasteiger partial charge is 0.248 e. The molecule has 132 valence electrons. The van der Waals surface area contributed by atoms with Crippen molar-refractivity contribution in [2.45, 2.75) is 0 Å². The lowest BCUT2D eigenvalue weighted by atomic mass is 10.0. The SMILES string of the molecule is COc1ccc(-c2ccc3ncnc(-c4ccc(C(N)=O)cc4)c3c2)cn1. The quantitative estimate of drug-likeness (QED) is 0.604. The van der Waals surface area contributed by atoms with Gasteiger partial charge in [-0.2, -0.15) is 0 Å². The molecule has 0 unspecified atom stereocenters. The Morgan fingerprint density at radius 2 is 1.63 bits per heavy atom. The van der Waals surface area contributed by atoms with Gasteiger partial charge in [-0.15, -0.1) is 0 Å². The number of nitrogens with zero attached hydrogens (tertiary/aromatic N) is 3. The molecule has 0 atom stereocenters. The maximum absolute atomic E-state index is 11.3. The largest absolute Gasteiger partial charge is 0.481 e. The third-order valence-corrected chi connectivity index (χ3v) is 4.36. The zero-order valence-electron chi connectivity index (χ0n) is 14.6. The van der Waals surface area contributed by atoms with Gasteiger partial charge in [-0.3, -0.25) is 4.79 Å². The molecule has 2 heterocycles. The number of pyridine rings is 1. The zero-order valence-corrected chi connectivity index (χ0v) is 14.6. The molecule has 0 aliphatic rings. The second-order valence-electron chi connectivity index (χ2n) is 5.99. The maximum atomic E-state index is 11.3. The monoisotopic (exact) mass is 356 g/mol. The summed E-state index contributed by atoms with van der Waals surface area (Å²) in [6.45, 7) is 0. The molecule has 0 aliphatic carbocycles. The van der Waals surface area contributed by atoms with Gasteiger partial charge in [-0.05, 0) is 35.9 Å². The Morgan fingerprint density at radius 1 is 0.889 bits per heavy atom. The van der Waals surface area contributed by atoms with Gasteiger partial charge in [-0.1, -0.05) is 18.2 Å². The average molecular weight is 356 g/mol. The highest BCUT2D eigenvalue weighted by Gasteiger charge is 2.10.